The number of pyridine rings is 1. The van der Waals surface area contributed by atoms with E-state index < -0.39 is 28.6 Å². The summed E-state index contributed by atoms with van der Waals surface area (Å²) in [5, 5.41) is 10.3. The van der Waals surface area contributed by atoms with Crippen LogP contribution in [-0.4, -0.2) is 26.6 Å². The molecule has 2 N–H and O–H groups in total. The van der Waals surface area contributed by atoms with Crippen LogP contribution in [0.4, 0.5) is 18.9 Å². The van der Waals surface area contributed by atoms with Gasteiger partial charge < -0.3 is 10.6 Å². The number of hydrogen-bond acceptors (Lipinski definition) is 4. The third kappa shape index (κ3) is 5.63. The Labute approximate surface area is 211 Å². The van der Waals surface area contributed by atoms with Crippen molar-refractivity contribution in [3.63, 3.8) is 0 Å². The zero-order valence-electron chi connectivity index (χ0n) is 20.8. The average Bonchev–Trinajstić information content (AvgIpc) is 3.26. The van der Waals surface area contributed by atoms with Crippen molar-refractivity contribution < 1.29 is 22.8 Å². The molecule has 0 aliphatic rings. The van der Waals surface area contributed by atoms with E-state index in [4.69, 9.17) is 0 Å². The monoisotopic (exact) mass is 509 g/mol. The molecular formula is C27H26F3N5O2. The summed E-state index contributed by atoms with van der Waals surface area (Å²) in [4.78, 5) is 29.5. The molecule has 0 saturated carbocycles. The summed E-state index contributed by atoms with van der Waals surface area (Å²) in [7, 11) is 0. The van der Waals surface area contributed by atoms with Gasteiger partial charge in [-0.2, -0.15) is 18.3 Å². The van der Waals surface area contributed by atoms with Crippen LogP contribution >= 0.6 is 0 Å². The summed E-state index contributed by atoms with van der Waals surface area (Å²) < 4.78 is 42.9. The van der Waals surface area contributed by atoms with E-state index in [1.54, 1.807) is 62.1 Å². The molecule has 4 rings (SSSR count). The standard InChI is InChI=1S/C27H26F3N5O2/c1-16-12-18(10-11-31-16)35-23-7-5-6-22(20(23)15-33-35)34-24(36)19-13-17(8-9-21(19)27(28,29)30)14-32-25(37)26(2,3)4/h5-13,15H,14H2,1-4H3,(H,32,37)(H,34,36). The maximum atomic E-state index is 13.8. The number of carbonyl (C=O) groups excluding carboxylic acids is 2. The molecule has 2 aromatic heterocycles. The Hall–Kier alpha value is -4.21. The van der Waals surface area contributed by atoms with Crippen LogP contribution in [0.2, 0.25) is 0 Å². The predicted molar refractivity (Wildman–Crippen MR) is 134 cm³/mol. The number of hydrogen-bond donors (Lipinski definition) is 2. The SMILES string of the molecule is Cc1cc(-n2ncc3c(NC(=O)c4cc(CNC(=O)C(C)(C)C)ccc4C(F)(F)F)cccc32)ccn1. The third-order valence-corrected chi connectivity index (χ3v) is 5.75. The van der Waals surface area contributed by atoms with Crippen LogP contribution < -0.4 is 10.6 Å². The number of fused-ring (bicyclic) bond motifs is 1. The molecule has 0 saturated heterocycles. The lowest BCUT2D eigenvalue weighted by atomic mass is 9.95. The second kappa shape index (κ2) is 9.68. The predicted octanol–water partition coefficient (Wildman–Crippen LogP) is 5.66. The van der Waals surface area contributed by atoms with Crippen LogP contribution in [0.25, 0.3) is 16.6 Å². The summed E-state index contributed by atoms with van der Waals surface area (Å²) in [6.07, 6.45) is -1.54. The molecule has 0 fully saturated rings. The Morgan fingerprint density at radius 1 is 1.03 bits per heavy atom. The fourth-order valence-electron chi connectivity index (χ4n) is 3.80. The lowest BCUT2D eigenvalue weighted by molar-refractivity contribution is -0.138. The van der Waals surface area contributed by atoms with Crippen molar-refractivity contribution in [3.8, 4) is 5.69 Å². The Morgan fingerprint density at radius 3 is 2.46 bits per heavy atom. The first kappa shape index (κ1) is 25.9. The minimum absolute atomic E-state index is 0.0117. The van der Waals surface area contributed by atoms with Gasteiger partial charge in [0, 0.05) is 29.2 Å². The van der Waals surface area contributed by atoms with E-state index in [0.29, 0.717) is 22.2 Å². The number of aryl methyl sites for hydroxylation is 1. The highest BCUT2D eigenvalue weighted by Gasteiger charge is 2.35. The first-order valence-corrected chi connectivity index (χ1v) is 11.5. The molecule has 0 aliphatic heterocycles. The summed E-state index contributed by atoms with van der Waals surface area (Å²) in [5.41, 5.74) is 0.644. The van der Waals surface area contributed by atoms with Crippen LogP contribution in [0.3, 0.4) is 0 Å². The summed E-state index contributed by atoms with van der Waals surface area (Å²) in [6, 6.07) is 12.0. The van der Waals surface area contributed by atoms with Gasteiger partial charge in [-0.05, 0) is 48.9 Å². The first-order valence-electron chi connectivity index (χ1n) is 11.5. The van der Waals surface area contributed by atoms with Gasteiger partial charge in [-0.3, -0.25) is 14.6 Å². The van der Waals surface area contributed by atoms with Crippen LogP contribution in [0.1, 0.15) is 48.0 Å². The summed E-state index contributed by atoms with van der Waals surface area (Å²) in [6.45, 7) is 7.02. The molecule has 2 heterocycles. The Balaban J connectivity index is 1.66. The lowest BCUT2D eigenvalue weighted by Gasteiger charge is -2.19. The molecule has 0 bridgehead atoms. The fourth-order valence-corrected chi connectivity index (χ4v) is 3.80. The number of amides is 2. The highest BCUT2D eigenvalue weighted by Crippen LogP contribution is 2.34. The van der Waals surface area contributed by atoms with Crippen molar-refractivity contribution in [1.82, 2.24) is 20.1 Å². The van der Waals surface area contributed by atoms with Crippen molar-refractivity contribution in [2.24, 2.45) is 5.41 Å². The van der Waals surface area contributed by atoms with E-state index in [0.717, 1.165) is 23.5 Å². The third-order valence-electron chi connectivity index (χ3n) is 5.75. The van der Waals surface area contributed by atoms with Crippen molar-refractivity contribution in [2.75, 3.05) is 5.32 Å². The van der Waals surface area contributed by atoms with Crippen molar-refractivity contribution >= 4 is 28.4 Å². The maximum absolute atomic E-state index is 13.8. The molecular weight excluding hydrogens is 483 g/mol. The molecule has 2 aromatic carbocycles. The Morgan fingerprint density at radius 2 is 1.78 bits per heavy atom. The van der Waals surface area contributed by atoms with E-state index in [2.05, 4.69) is 20.7 Å². The zero-order chi connectivity index (χ0) is 27.0. The number of alkyl halides is 3. The zero-order valence-corrected chi connectivity index (χ0v) is 20.8. The van der Waals surface area contributed by atoms with E-state index in [1.165, 1.54) is 6.07 Å². The van der Waals surface area contributed by atoms with Crippen molar-refractivity contribution in [3.05, 3.63) is 83.3 Å². The normalized spacial score (nSPS) is 12.0. The van der Waals surface area contributed by atoms with Gasteiger partial charge in [0.25, 0.3) is 5.91 Å². The molecule has 4 aromatic rings. The van der Waals surface area contributed by atoms with E-state index >= 15 is 0 Å². The van der Waals surface area contributed by atoms with E-state index in [1.807, 2.05) is 13.0 Å². The molecule has 0 unspecified atom stereocenters. The van der Waals surface area contributed by atoms with Gasteiger partial charge in [0.1, 0.15) is 0 Å². The minimum Gasteiger partial charge on any atom is -0.352 e. The second-order valence-corrected chi connectivity index (χ2v) is 9.71. The number of nitrogens with zero attached hydrogens (tertiary/aromatic N) is 3. The van der Waals surface area contributed by atoms with Gasteiger partial charge in [-0.1, -0.05) is 32.9 Å². The van der Waals surface area contributed by atoms with Crippen LogP contribution in [0.15, 0.2) is 60.9 Å². The first-order chi connectivity index (χ1) is 17.3. The number of aromatic nitrogens is 3. The van der Waals surface area contributed by atoms with Crippen LogP contribution in [0, 0.1) is 12.3 Å². The summed E-state index contributed by atoms with van der Waals surface area (Å²) >= 11 is 0. The number of anilines is 1. The highest BCUT2D eigenvalue weighted by atomic mass is 19.4. The highest BCUT2D eigenvalue weighted by molar-refractivity contribution is 6.09. The Bertz CT molecular complexity index is 1490. The number of benzene rings is 2. The van der Waals surface area contributed by atoms with E-state index in [-0.39, 0.29) is 12.5 Å². The molecule has 0 radical (unpaired) electrons. The number of carbonyl (C=O) groups is 2. The van der Waals surface area contributed by atoms with Gasteiger partial charge >= 0.3 is 6.18 Å². The van der Waals surface area contributed by atoms with Crippen LogP contribution in [-0.2, 0) is 17.5 Å². The van der Waals surface area contributed by atoms with Crippen LogP contribution in [0.5, 0.6) is 0 Å². The van der Waals surface area contributed by atoms with Crippen molar-refractivity contribution in [1.29, 1.82) is 0 Å². The Kier molecular flexibility index (Phi) is 6.77. The van der Waals surface area contributed by atoms with Crippen molar-refractivity contribution in [2.45, 2.75) is 40.4 Å². The quantitative estimate of drug-likeness (QED) is 0.363. The van der Waals surface area contributed by atoms with Gasteiger partial charge in [0.15, 0.2) is 0 Å². The fraction of sp³-hybridized carbons (Fsp3) is 0.259. The van der Waals surface area contributed by atoms with Gasteiger partial charge in [0.05, 0.1) is 34.2 Å². The molecule has 0 atom stereocenters. The minimum atomic E-state index is -4.74. The number of rotatable bonds is 5. The smallest absolute Gasteiger partial charge is 0.352 e. The maximum Gasteiger partial charge on any atom is 0.417 e. The molecule has 0 aliphatic carbocycles. The average molecular weight is 510 g/mol. The van der Waals surface area contributed by atoms with Gasteiger partial charge in [0.2, 0.25) is 5.91 Å². The van der Waals surface area contributed by atoms with E-state index in [9.17, 15) is 22.8 Å². The molecule has 2 amide bonds. The molecule has 7 nitrogen and oxygen atoms in total. The topological polar surface area (TPSA) is 88.9 Å². The number of halogens is 3. The second-order valence-electron chi connectivity index (χ2n) is 9.71. The van der Waals surface area contributed by atoms with Gasteiger partial charge in [-0.25, -0.2) is 4.68 Å². The molecule has 0 spiro atoms. The largest absolute Gasteiger partial charge is 0.417 e. The lowest BCUT2D eigenvalue weighted by Crippen LogP contribution is -2.34. The van der Waals surface area contributed by atoms with Gasteiger partial charge in [-0.15, -0.1) is 0 Å². The molecule has 10 heteroatoms. The summed E-state index contributed by atoms with van der Waals surface area (Å²) in [5.74, 6) is -1.18. The molecule has 37 heavy (non-hydrogen) atoms. The molecule has 192 valence electrons. The number of nitrogens with one attached hydrogen (secondary N) is 2.